The van der Waals surface area contributed by atoms with E-state index in [9.17, 15) is 18.0 Å². The van der Waals surface area contributed by atoms with Crippen LogP contribution in [0.3, 0.4) is 0 Å². The summed E-state index contributed by atoms with van der Waals surface area (Å²) in [5, 5.41) is 2.74. The van der Waals surface area contributed by atoms with E-state index in [2.05, 4.69) is 5.32 Å². The Balaban J connectivity index is 2.41. The maximum Gasteiger partial charge on any atom is 0.244 e. The van der Waals surface area contributed by atoms with Gasteiger partial charge in [-0.25, -0.2) is 8.42 Å². The Labute approximate surface area is 185 Å². The molecule has 0 spiro atoms. The van der Waals surface area contributed by atoms with Crippen LogP contribution in [0.25, 0.3) is 0 Å². The smallest absolute Gasteiger partial charge is 0.244 e. The third kappa shape index (κ3) is 6.30. The normalized spacial score (nSPS) is 12.2. The Morgan fingerprint density at radius 1 is 1.00 bits per heavy atom. The fraction of sp³-hybridized carbons (Fsp3) is 0.391. The van der Waals surface area contributed by atoms with E-state index in [1.807, 2.05) is 44.2 Å². The maximum absolute atomic E-state index is 13.4. The number of hydrogen-bond donors (Lipinski definition) is 1. The first-order valence-electron chi connectivity index (χ1n) is 10.2. The highest BCUT2D eigenvalue weighted by molar-refractivity contribution is 7.92. The van der Waals surface area contributed by atoms with Crippen LogP contribution >= 0.6 is 0 Å². The molecule has 0 aliphatic carbocycles. The van der Waals surface area contributed by atoms with Crippen LogP contribution in [0.1, 0.15) is 30.5 Å². The van der Waals surface area contributed by atoms with Gasteiger partial charge in [0, 0.05) is 13.1 Å². The van der Waals surface area contributed by atoms with Crippen LogP contribution in [0.15, 0.2) is 48.5 Å². The molecule has 31 heavy (non-hydrogen) atoms. The number of sulfonamides is 1. The monoisotopic (exact) mass is 445 g/mol. The van der Waals surface area contributed by atoms with E-state index in [1.165, 1.54) is 4.90 Å². The SMILES string of the molecule is CCNC(=O)C(C)N(Cc1ccccc1C)C(=O)CN(c1ccccc1C)S(C)(=O)=O. The largest absolute Gasteiger partial charge is 0.355 e. The zero-order chi connectivity index (χ0) is 23.2. The van der Waals surface area contributed by atoms with Crippen molar-refractivity contribution in [2.24, 2.45) is 0 Å². The second kappa shape index (κ2) is 10.4. The van der Waals surface area contributed by atoms with Crippen molar-refractivity contribution in [2.45, 2.75) is 40.3 Å². The molecule has 2 amide bonds. The Morgan fingerprint density at radius 2 is 1.58 bits per heavy atom. The number of carbonyl (C=O) groups is 2. The lowest BCUT2D eigenvalue weighted by atomic mass is 10.1. The van der Waals surface area contributed by atoms with Crippen LogP contribution in [0.2, 0.25) is 0 Å². The summed E-state index contributed by atoms with van der Waals surface area (Å²) in [6, 6.07) is 13.9. The van der Waals surface area contributed by atoms with Crippen molar-refractivity contribution in [3.05, 3.63) is 65.2 Å². The third-order valence-corrected chi connectivity index (χ3v) is 6.31. The van der Waals surface area contributed by atoms with Crippen molar-refractivity contribution in [1.29, 1.82) is 0 Å². The van der Waals surface area contributed by atoms with E-state index >= 15 is 0 Å². The first kappa shape index (κ1) is 24.4. The first-order valence-corrected chi connectivity index (χ1v) is 12.1. The summed E-state index contributed by atoms with van der Waals surface area (Å²) < 4.78 is 26.2. The average Bonchev–Trinajstić information content (AvgIpc) is 2.71. The van der Waals surface area contributed by atoms with Crippen LogP contribution in [0.5, 0.6) is 0 Å². The van der Waals surface area contributed by atoms with Gasteiger partial charge in [-0.3, -0.25) is 13.9 Å². The molecule has 0 saturated carbocycles. The van der Waals surface area contributed by atoms with Gasteiger partial charge < -0.3 is 10.2 Å². The van der Waals surface area contributed by atoms with E-state index in [0.29, 0.717) is 12.2 Å². The summed E-state index contributed by atoms with van der Waals surface area (Å²) in [5.74, 6) is -0.734. The lowest BCUT2D eigenvalue weighted by Crippen LogP contribution is -2.51. The number of benzene rings is 2. The number of aryl methyl sites for hydroxylation is 2. The van der Waals surface area contributed by atoms with E-state index in [0.717, 1.165) is 27.3 Å². The van der Waals surface area contributed by atoms with Crippen molar-refractivity contribution < 1.29 is 18.0 Å². The number of carbonyl (C=O) groups excluding carboxylic acids is 2. The minimum atomic E-state index is -3.72. The molecule has 0 fully saturated rings. The number of amides is 2. The predicted molar refractivity (Wildman–Crippen MR) is 123 cm³/mol. The van der Waals surface area contributed by atoms with Gasteiger partial charge in [0.1, 0.15) is 12.6 Å². The molecule has 1 unspecified atom stereocenters. The van der Waals surface area contributed by atoms with Crippen molar-refractivity contribution in [3.8, 4) is 0 Å². The van der Waals surface area contributed by atoms with Gasteiger partial charge in [-0.05, 0) is 50.5 Å². The topological polar surface area (TPSA) is 86.8 Å². The number of nitrogens with one attached hydrogen (secondary N) is 1. The molecule has 0 bridgehead atoms. The minimum Gasteiger partial charge on any atom is -0.355 e. The molecule has 1 N–H and O–H groups in total. The van der Waals surface area contributed by atoms with E-state index in [-0.39, 0.29) is 19.0 Å². The van der Waals surface area contributed by atoms with Crippen LogP contribution < -0.4 is 9.62 Å². The van der Waals surface area contributed by atoms with Gasteiger partial charge in [-0.15, -0.1) is 0 Å². The van der Waals surface area contributed by atoms with E-state index in [4.69, 9.17) is 0 Å². The number of anilines is 1. The molecule has 0 aliphatic rings. The third-order valence-electron chi connectivity index (χ3n) is 5.18. The maximum atomic E-state index is 13.4. The zero-order valence-electron chi connectivity index (χ0n) is 18.8. The fourth-order valence-corrected chi connectivity index (χ4v) is 4.22. The molecule has 1 atom stereocenters. The molecule has 0 aromatic heterocycles. The van der Waals surface area contributed by atoms with E-state index < -0.39 is 22.0 Å². The number of likely N-dealkylation sites (N-methyl/N-ethyl adjacent to an activating group) is 1. The van der Waals surface area contributed by atoms with Crippen LogP contribution in [-0.2, 0) is 26.2 Å². The quantitative estimate of drug-likeness (QED) is 0.643. The second-order valence-corrected chi connectivity index (χ2v) is 9.48. The van der Waals surface area contributed by atoms with E-state index in [1.54, 1.807) is 32.0 Å². The molecule has 0 aliphatic heterocycles. The Hall–Kier alpha value is -2.87. The van der Waals surface area contributed by atoms with Crippen molar-refractivity contribution in [3.63, 3.8) is 0 Å². The summed E-state index contributed by atoms with van der Waals surface area (Å²) in [5.41, 5.74) is 3.07. The summed E-state index contributed by atoms with van der Waals surface area (Å²) in [7, 11) is -3.72. The highest BCUT2D eigenvalue weighted by atomic mass is 32.2. The van der Waals surface area contributed by atoms with Crippen LogP contribution in [-0.4, -0.2) is 50.5 Å². The molecule has 0 heterocycles. The van der Waals surface area contributed by atoms with Gasteiger partial charge >= 0.3 is 0 Å². The van der Waals surface area contributed by atoms with Gasteiger partial charge in [-0.2, -0.15) is 0 Å². The molecule has 8 heteroatoms. The summed E-state index contributed by atoms with van der Waals surface area (Å²) >= 11 is 0. The molecular weight excluding hydrogens is 414 g/mol. The molecule has 2 aromatic rings. The standard InChI is InChI=1S/C23H31N3O4S/c1-6-24-23(28)19(4)25(15-20-13-9-7-11-17(20)2)22(27)16-26(31(5,29)30)21-14-10-8-12-18(21)3/h7-14,19H,6,15-16H2,1-5H3,(H,24,28). The number of para-hydroxylation sites is 1. The van der Waals surface area contributed by atoms with Gasteiger partial charge in [0.2, 0.25) is 21.8 Å². The zero-order valence-corrected chi connectivity index (χ0v) is 19.6. The fourth-order valence-electron chi connectivity index (χ4n) is 3.31. The molecule has 0 radical (unpaired) electrons. The van der Waals surface area contributed by atoms with Gasteiger partial charge in [0.05, 0.1) is 11.9 Å². The van der Waals surface area contributed by atoms with Gasteiger partial charge in [0.25, 0.3) is 0 Å². The summed E-state index contributed by atoms with van der Waals surface area (Å²) in [6.07, 6.45) is 1.08. The van der Waals surface area contributed by atoms with Crippen molar-refractivity contribution >= 4 is 27.5 Å². The molecule has 7 nitrogen and oxygen atoms in total. The number of rotatable bonds is 9. The van der Waals surface area contributed by atoms with Gasteiger partial charge in [0.15, 0.2) is 0 Å². The predicted octanol–water partition coefficient (Wildman–Crippen LogP) is 2.62. The van der Waals surface area contributed by atoms with Crippen molar-refractivity contribution in [1.82, 2.24) is 10.2 Å². The highest BCUT2D eigenvalue weighted by Gasteiger charge is 2.30. The summed E-state index contributed by atoms with van der Waals surface area (Å²) in [6.45, 7) is 7.44. The molecule has 168 valence electrons. The molecular formula is C23H31N3O4S. The Morgan fingerprint density at radius 3 is 2.13 bits per heavy atom. The van der Waals surface area contributed by atoms with Crippen LogP contribution in [0, 0.1) is 13.8 Å². The first-order chi connectivity index (χ1) is 14.6. The molecule has 2 rings (SSSR count). The van der Waals surface area contributed by atoms with Gasteiger partial charge in [-0.1, -0.05) is 42.5 Å². The second-order valence-electron chi connectivity index (χ2n) is 7.57. The highest BCUT2D eigenvalue weighted by Crippen LogP contribution is 2.23. The van der Waals surface area contributed by atoms with Crippen molar-refractivity contribution in [2.75, 3.05) is 23.7 Å². The number of hydrogen-bond acceptors (Lipinski definition) is 4. The molecule has 0 saturated heterocycles. The number of nitrogens with zero attached hydrogens (tertiary/aromatic N) is 2. The average molecular weight is 446 g/mol. The van der Waals surface area contributed by atoms with Crippen LogP contribution in [0.4, 0.5) is 5.69 Å². The minimum absolute atomic E-state index is 0.204. The Kier molecular flexibility index (Phi) is 8.21. The molecule has 2 aromatic carbocycles. The Bertz CT molecular complexity index is 1040. The lowest BCUT2D eigenvalue weighted by Gasteiger charge is -2.32. The lowest BCUT2D eigenvalue weighted by molar-refractivity contribution is -0.139. The summed E-state index contributed by atoms with van der Waals surface area (Å²) in [4.78, 5) is 27.4.